The van der Waals surface area contributed by atoms with Crippen molar-refractivity contribution in [3.8, 4) is 11.5 Å². The second-order valence-electron chi connectivity index (χ2n) is 3.42. The lowest BCUT2D eigenvalue weighted by atomic mass is 10.3. The fourth-order valence-corrected chi connectivity index (χ4v) is 1.77. The molecule has 0 fully saturated rings. The van der Waals surface area contributed by atoms with Gasteiger partial charge in [0.05, 0.1) is 0 Å². The van der Waals surface area contributed by atoms with Crippen LogP contribution in [0.3, 0.4) is 0 Å². The molecule has 0 spiro atoms. The van der Waals surface area contributed by atoms with Gasteiger partial charge in [0.2, 0.25) is 0 Å². The molecule has 0 aliphatic rings. The third-order valence-corrected chi connectivity index (χ3v) is 3.15. The summed E-state index contributed by atoms with van der Waals surface area (Å²) in [5.41, 5.74) is 0. The minimum absolute atomic E-state index is 0.758. The van der Waals surface area contributed by atoms with Gasteiger partial charge in [-0.3, -0.25) is 0 Å². The van der Waals surface area contributed by atoms with Crippen LogP contribution in [-0.4, -0.2) is 0 Å². The Hall–Kier alpha value is -1.26. The van der Waals surface area contributed by atoms with E-state index in [4.69, 9.17) is 9.47 Å². The molecule has 2 rings (SSSR count). The summed E-state index contributed by atoms with van der Waals surface area (Å²) in [7, 11) is 0. The molecule has 4 heteroatoms. The fraction of sp³-hybridized carbons (Fsp3) is 0. The molecule has 2 nitrogen and oxygen atoms in total. The van der Waals surface area contributed by atoms with Crippen molar-refractivity contribution in [2.75, 3.05) is 0 Å². The number of halogens is 2. The summed E-state index contributed by atoms with van der Waals surface area (Å²) in [6, 6.07) is 15.1. The summed E-state index contributed by atoms with van der Waals surface area (Å²) >= 11 is 6.72. The molecule has 0 saturated heterocycles. The summed E-state index contributed by atoms with van der Waals surface area (Å²) in [5.74, 6) is 1.52. The average molecular weight is 370 g/mol. The molecule has 0 N–H and O–H groups in total. The molecule has 0 bridgehead atoms. The Morgan fingerprint density at radius 1 is 0.611 bits per heavy atom. The first-order valence-electron chi connectivity index (χ1n) is 5.23. The van der Waals surface area contributed by atoms with Crippen LogP contribution >= 0.6 is 31.9 Å². The van der Waals surface area contributed by atoms with Crippen molar-refractivity contribution in [3.05, 3.63) is 70.0 Å². The second-order valence-corrected chi connectivity index (χ2v) is 5.25. The lowest BCUT2D eigenvalue weighted by molar-refractivity contribution is 0.422. The first kappa shape index (κ1) is 13.2. The van der Waals surface area contributed by atoms with Gasteiger partial charge >= 0.3 is 0 Å². The van der Waals surface area contributed by atoms with E-state index in [9.17, 15) is 0 Å². The fourth-order valence-electron chi connectivity index (χ4n) is 1.24. The molecule has 0 atom stereocenters. The van der Waals surface area contributed by atoms with Gasteiger partial charge in [0.25, 0.3) is 0 Å². The van der Waals surface area contributed by atoms with E-state index in [1.807, 2.05) is 48.5 Å². The molecule has 0 amide bonds. The summed E-state index contributed by atoms with van der Waals surface area (Å²) < 4.78 is 12.8. The smallest absolute Gasteiger partial charge is 0.126 e. The van der Waals surface area contributed by atoms with Crippen molar-refractivity contribution < 1.29 is 9.47 Å². The Morgan fingerprint density at radius 2 is 0.944 bits per heavy atom. The maximum atomic E-state index is 5.37. The average Bonchev–Trinajstić information content (AvgIpc) is 2.39. The van der Waals surface area contributed by atoms with Crippen molar-refractivity contribution in [1.82, 2.24) is 0 Å². The van der Waals surface area contributed by atoms with Crippen LogP contribution in [0.2, 0.25) is 0 Å². The molecule has 2 aromatic carbocycles. The zero-order valence-electron chi connectivity index (χ0n) is 9.35. The molecular formula is C14H10Br2O2. The van der Waals surface area contributed by atoms with E-state index in [1.165, 1.54) is 12.5 Å². The standard InChI is InChI=1S/C14H10Br2O2/c15-11-1-5-13(6-2-11)17-9-10-18-14-7-3-12(16)4-8-14/h1-10H/b10-9+. The topological polar surface area (TPSA) is 18.5 Å². The summed E-state index contributed by atoms with van der Waals surface area (Å²) in [6.07, 6.45) is 3.01. The first-order valence-corrected chi connectivity index (χ1v) is 6.82. The van der Waals surface area contributed by atoms with Gasteiger partial charge in [-0.05, 0) is 48.5 Å². The van der Waals surface area contributed by atoms with Gasteiger partial charge in [-0.15, -0.1) is 0 Å². The van der Waals surface area contributed by atoms with Crippen molar-refractivity contribution in [2.24, 2.45) is 0 Å². The van der Waals surface area contributed by atoms with Crippen LogP contribution in [0.25, 0.3) is 0 Å². The Labute approximate surface area is 122 Å². The number of hydrogen-bond donors (Lipinski definition) is 0. The molecule has 92 valence electrons. The number of benzene rings is 2. The third kappa shape index (κ3) is 4.20. The minimum Gasteiger partial charge on any atom is -0.462 e. The normalized spacial score (nSPS) is 10.6. The van der Waals surface area contributed by atoms with E-state index in [0.29, 0.717) is 0 Å². The summed E-state index contributed by atoms with van der Waals surface area (Å²) in [5, 5.41) is 0. The first-order chi connectivity index (χ1) is 8.74. The van der Waals surface area contributed by atoms with E-state index in [0.717, 1.165) is 20.4 Å². The number of rotatable bonds is 4. The maximum absolute atomic E-state index is 5.37. The third-order valence-electron chi connectivity index (χ3n) is 2.09. The van der Waals surface area contributed by atoms with Gasteiger partial charge in [-0.1, -0.05) is 31.9 Å². The van der Waals surface area contributed by atoms with Gasteiger partial charge in [0.15, 0.2) is 0 Å². The van der Waals surface area contributed by atoms with Crippen molar-refractivity contribution >= 4 is 31.9 Å². The van der Waals surface area contributed by atoms with Crippen LogP contribution in [-0.2, 0) is 0 Å². The molecule has 0 aliphatic carbocycles. The van der Waals surface area contributed by atoms with E-state index in [1.54, 1.807) is 0 Å². The Morgan fingerprint density at radius 3 is 1.28 bits per heavy atom. The van der Waals surface area contributed by atoms with Crippen LogP contribution in [0.4, 0.5) is 0 Å². The lowest BCUT2D eigenvalue weighted by Gasteiger charge is -2.01. The number of hydrogen-bond acceptors (Lipinski definition) is 2. The molecule has 0 aromatic heterocycles. The van der Waals surface area contributed by atoms with Crippen LogP contribution < -0.4 is 9.47 Å². The molecule has 0 aliphatic heterocycles. The van der Waals surface area contributed by atoms with Gasteiger partial charge in [0, 0.05) is 8.95 Å². The van der Waals surface area contributed by atoms with Gasteiger partial charge < -0.3 is 9.47 Å². The van der Waals surface area contributed by atoms with Gasteiger partial charge in [-0.2, -0.15) is 0 Å². The molecule has 0 radical (unpaired) electrons. The van der Waals surface area contributed by atoms with Crippen molar-refractivity contribution in [2.45, 2.75) is 0 Å². The highest BCUT2D eigenvalue weighted by Crippen LogP contribution is 2.17. The SMILES string of the molecule is Brc1ccc(O/C=C/Oc2ccc(Br)cc2)cc1. The van der Waals surface area contributed by atoms with Crippen LogP contribution in [0.1, 0.15) is 0 Å². The molecular weight excluding hydrogens is 360 g/mol. The van der Waals surface area contributed by atoms with Crippen LogP contribution in [0, 0.1) is 0 Å². The Kier molecular flexibility index (Phi) is 4.84. The molecule has 0 saturated carbocycles. The highest BCUT2D eigenvalue weighted by Gasteiger charge is 1.92. The predicted octanol–water partition coefficient (Wildman–Crippen LogP) is 5.14. The summed E-state index contributed by atoms with van der Waals surface area (Å²) in [4.78, 5) is 0. The molecule has 0 unspecified atom stereocenters. The van der Waals surface area contributed by atoms with Crippen molar-refractivity contribution in [3.63, 3.8) is 0 Å². The van der Waals surface area contributed by atoms with Gasteiger partial charge in [-0.25, -0.2) is 0 Å². The van der Waals surface area contributed by atoms with E-state index >= 15 is 0 Å². The molecule has 18 heavy (non-hydrogen) atoms. The zero-order chi connectivity index (χ0) is 12.8. The second kappa shape index (κ2) is 6.61. The van der Waals surface area contributed by atoms with Gasteiger partial charge in [0.1, 0.15) is 24.0 Å². The quantitative estimate of drug-likeness (QED) is 0.694. The maximum Gasteiger partial charge on any atom is 0.126 e. The monoisotopic (exact) mass is 368 g/mol. The number of ether oxygens (including phenoxy) is 2. The predicted molar refractivity (Wildman–Crippen MR) is 78.7 cm³/mol. The van der Waals surface area contributed by atoms with Crippen LogP contribution in [0.5, 0.6) is 11.5 Å². The molecule has 0 heterocycles. The van der Waals surface area contributed by atoms with Crippen molar-refractivity contribution in [1.29, 1.82) is 0 Å². The lowest BCUT2D eigenvalue weighted by Crippen LogP contribution is -1.86. The van der Waals surface area contributed by atoms with E-state index in [-0.39, 0.29) is 0 Å². The van der Waals surface area contributed by atoms with E-state index < -0.39 is 0 Å². The zero-order valence-corrected chi connectivity index (χ0v) is 12.5. The highest BCUT2D eigenvalue weighted by atomic mass is 79.9. The Balaban J connectivity index is 1.85. The highest BCUT2D eigenvalue weighted by molar-refractivity contribution is 9.10. The van der Waals surface area contributed by atoms with Crippen LogP contribution in [0.15, 0.2) is 70.0 Å². The van der Waals surface area contributed by atoms with E-state index in [2.05, 4.69) is 31.9 Å². The minimum atomic E-state index is 0.758. The molecule has 2 aromatic rings. The summed E-state index contributed by atoms with van der Waals surface area (Å²) in [6.45, 7) is 0. The Bertz CT molecular complexity index is 469. The largest absolute Gasteiger partial charge is 0.462 e.